The number of nitrogens with one attached hydrogen (secondary N) is 1. The van der Waals surface area contributed by atoms with Crippen LogP contribution in [0.2, 0.25) is 0 Å². The Hall–Kier alpha value is -3.79. The van der Waals surface area contributed by atoms with Gasteiger partial charge in [0.25, 0.3) is 0 Å². The molecule has 0 aliphatic carbocycles. The third kappa shape index (κ3) is 5.32. The quantitative estimate of drug-likeness (QED) is 0.332. The molecule has 0 amide bonds. The number of hydrogen-bond acceptors (Lipinski definition) is 6. The Bertz CT molecular complexity index is 1450. The third-order valence-corrected chi connectivity index (χ3v) is 7.32. The lowest BCUT2D eigenvalue weighted by Gasteiger charge is -2.26. The molecule has 3 aromatic carbocycles. The molecule has 1 aromatic heterocycles. The predicted octanol–water partition coefficient (Wildman–Crippen LogP) is 5.41. The molecule has 7 nitrogen and oxygen atoms in total. The first-order valence-corrected chi connectivity index (χ1v) is 12.5. The SMILES string of the molecule is CCCS(=O)(=O)N(Cc1ccc(OC)cc1)c1ccc(F)c(Nc2ccc3ncncc3c2)c1F. The van der Waals surface area contributed by atoms with Gasteiger partial charge in [-0.3, -0.25) is 4.31 Å². The molecule has 10 heteroatoms. The van der Waals surface area contributed by atoms with Gasteiger partial charge < -0.3 is 10.1 Å². The predicted molar refractivity (Wildman–Crippen MR) is 132 cm³/mol. The molecule has 0 atom stereocenters. The van der Waals surface area contributed by atoms with Gasteiger partial charge >= 0.3 is 0 Å². The third-order valence-electron chi connectivity index (χ3n) is 5.40. The van der Waals surface area contributed by atoms with E-state index in [9.17, 15) is 12.8 Å². The molecule has 0 aliphatic heterocycles. The second kappa shape index (κ2) is 10.2. The molecular formula is C25H24F2N4O3S. The summed E-state index contributed by atoms with van der Waals surface area (Å²) in [5.74, 6) is -1.44. The number of rotatable bonds is 9. The molecule has 4 rings (SSSR count). The lowest BCUT2D eigenvalue weighted by Crippen LogP contribution is -2.33. The van der Waals surface area contributed by atoms with E-state index in [1.54, 1.807) is 55.6 Å². The molecule has 0 bridgehead atoms. The molecule has 1 heterocycles. The van der Waals surface area contributed by atoms with Crippen LogP contribution in [0.15, 0.2) is 67.1 Å². The van der Waals surface area contributed by atoms with Crippen molar-refractivity contribution in [2.45, 2.75) is 19.9 Å². The van der Waals surface area contributed by atoms with Crippen LogP contribution in [0.5, 0.6) is 5.75 Å². The van der Waals surface area contributed by atoms with Crippen molar-refractivity contribution in [3.8, 4) is 5.75 Å². The Morgan fingerprint density at radius 2 is 1.83 bits per heavy atom. The molecule has 0 aliphatic rings. The van der Waals surface area contributed by atoms with E-state index in [2.05, 4.69) is 15.3 Å². The zero-order chi connectivity index (χ0) is 25.0. The first-order valence-electron chi connectivity index (χ1n) is 10.9. The van der Waals surface area contributed by atoms with Crippen molar-refractivity contribution in [1.82, 2.24) is 9.97 Å². The second-order valence-corrected chi connectivity index (χ2v) is 9.86. The highest BCUT2D eigenvalue weighted by Crippen LogP contribution is 2.34. The molecule has 0 unspecified atom stereocenters. The summed E-state index contributed by atoms with van der Waals surface area (Å²) in [5.41, 5.74) is 1.00. The maximum absolute atomic E-state index is 15.7. The van der Waals surface area contributed by atoms with Gasteiger partial charge in [0.15, 0.2) is 5.82 Å². The summed E-state index contributed by atoms with van der Waals surface area (Å²) >= 11 is 0. The van der Waals surface area contributed by atoms with Gasteiger partial charge in [0.05, 0.1) is 30.6 Å². The van der Waals surface area contributed by atoms with Crippen LogP contribution in [0.3, 0.4) is 0 Å². The van der Waals surface area contributed by atoms with E-state index >= 15 is 4.39 Å². The fraction of sp³-hybridized carbons (Fsp3) is 0.200. The first kappa shape index (κ1) is 24.3. The number of fused-ring (bicyclic) bond motifs is 1. The van der Waals surface area contributed by atoms with Gasteiger partial charge in [0.1, 0.15) is 23.6 Å². The number of benzene rings is 3. The normalized spacial score (nSPS) is 11.4. The van der Waals surface area contributed by atoms with E-state index in [1.165, 1.54) is 13.4 Å². The summed E-state index contributed by atoms with van der Waals surface area (Å²) in [6.45, 7) is 1.60. The summed E-state index contributed by atoms with van der Waals surface area (Å²) < 4.78 is 62.8. The summed E-state index contributed by atoms with van der Waals surface area (Å²) in [6.07, 6.45) is 3.34. The average Bonchev–Trinajstić information content (AvgIpc) is 2.86. The van der Waals surface area contributed by atoms with Crippen molar-refractivity contribution < 1.29 is 21.9 Å². The zero-order valence-corrected chi connectivity index (χ0v) is 20.0. The molecule has 0 saturated carbocycles. The summed E-state index contributed by atoms with van der Waals surface area (Å²) in [4.78, 5) is 8.09. The molecule has 0 radical (unpaired) electrons. The van der Waals surface area contributed by atoms with Crippen molar-refractivity contribution >= 4 is 38.0 Å². The van der Waals surface area contributed by atoms with Crippen LogP contribution in [0.4, 0.5) is 25.8 Å². The molecule has 35 heavy (non-hydrogen) atoms. The van der Waals surface area contributed by atoms with Gasteiger partial charge in [0.2, 0.25) is 10.0 Å². The number of ether oxygens (including phenoxy) is 1. The fourth-order valence-electron chi connectivity index (χ4n) is 3.65. The standard InChI is InChI=1S/C25H24F2N4O3S/c1-3-12-35(32,33)31(15-17-4-7-20(34-2)8-5-17)23-11-9-21(26)25(24(23)27)30-19-6-10-22-18(13-19)14-28-16-29-22/h4-11,13-14,16,30H,3,12,15H2,1-2H3. The highest BCUT2D eigenvalue weighted by atomic mass is 32.2. The van der Waals surface area contributed by atoms with Crippen LogP contribution in [0.25, 0.3) is 10.9 Å². The van der Waals surface area contributed by atoms with E-state index in [0.717, 1.165) is 16.4 Å². The van der Waals surface area contributed by atoms with Gasteiger partial charge in [-0.05, 0) is 54.4 Å². The van der Waals surface area contributed by atoms with Gasteiger partial charge in [0, 0.05) is 17.3 Å². The Labute approximate surface area is 202 Å². The van der Waals surface area contributed by atoms with Gasteiger partial charge in [-0.15, -0.1) is 0 Å². The number of anilines is 3. The van der Waals surface area contributed by atoms with Crippen LogP contribution in [-0.4, -0.2) is 31.2 Å². The Morgan fingerprint density at radius 3 is 2.54 bits per heavy atom. The van der Waals surface area contributed by atoms with E-state index in [4.69, 9.17) is 4.74 Å². The minimum absolute atomic E-state index is 0.123. The largest absolute Gasteiger partial charge is 0.497 e. The minimum atomic E-state index is -3.90. The molecule has 0 fully saturated rings. The van der Waals surface area contributed by atoms with E-state index < -0.39 is 27.3 Å². The second-order valence-electron chi connectivity index (χ2n) is 7.85. The van der Waals surface area contributed by atoms with Crippen molar-refractivity contribution in [3.63, 3.8) is 0 Å². The lowest BCUT2D eigenvalue weighted by atomic mass is 10.2. The lowest BCUT2D eigenvalue weighted by molar-refractivity contribution is 0.414. The number of nitrogens with zero attached hydrogens (tertiary/aromatic N) is 3. The van der Waals surface area contributed by atoms with Crippen molar-refractivity contribution in [3.05, 3.63) is 84.3 Å². The van der Waals surface area contributed by atoms with Crippen molar-refractivity contribution in [2.24, 2.45) is 0 Å². The molecular weight excluding hydrogens is 474 g/mol. The molecule has 1 N–H and O–H groups in total. The van der Waals surface area contributed by atoms with Crippen LogP contribution in [0.1, 0.15) is 18.9 Å². The topological polar surface area (TPSA) is 84.4 Å². The number of hydrogen-bond donors (Lipinski definition) is 1. The van der Waals surface area contributed by atoms with E-state index in [1.807, 2.05) is 0 Å². The number of halogens is 2. The smallest absolute Gasteiger partial charge is 0.235 e. The minimum Gasteiger partial charge on any atom is -0.497 e. The molecule has 0 spiro atoms. The van der Waals surface area contributed by atoms with Gasteiger partial charge in [-0.2, -0.15) is 0 Å². The van der Waals surface area contributed by atoms with Crippen molar-refractivity contribution in [1.29, 1.82) is 0 Å². The molecule has 0 saturated heterocycles. The van der Waals surface area contributed by atoms with E-state index in [0.29, 0.717) is 34.3 Å². The zero-order valence-electron chi connectivity index (χ0n) is 19.2. The fourth-order valence-corrected chi connectivity index (χ4v) is 5.18. The van der Waals surface area contributed by atoms with Crippen LogP contribution >= 0.6 is 0 Å². The van der Waals surface area contributed by atoms with Crippen LogP contribution < -0.4 is 14.4 Å². The average molecular weight is 499 g/mol. The Morgan fingerprint density at radius 1 is 1.06 bits per heavy atom. The van der Waals surface area contributed by atoms with Crippen LogP contribution in [-0.2, 0) is 16.6 Å². The summed E-state index contributed by atoms with van der Waals surface area (Å²) in [6, 6.07) is 14.0. The monoisotopic (exact) mass is 498 g/mol. The number of sulfonamides is 1. The summed E-state index contributed by atoms with van der Waals surface area (Å²) in [7, 11) is -2.37. The highest BCUT2D eigenvalue weighted by Gasteiger charge is 2.27. The maximum atomic E-state index is 15.7. The molecule has 182 valence electrons. The maximum Gasteiger partial charge on any atom is 0.235 e. The highest BCUT2D eigenvalue weighted by molar-refractivity contribution is 7.92. The van der Waals surface area contributed by atoms with Gasteiger partial charge in [-0.1, -0.05) is 19.1 Å². The number of methoxy groups -OCH3 is 1. The summed E-state index contributed by atoms with van der Waals surface area (Å²) in [5, 5.41) is 3.43. The number of aromatic nitrogens is 2. The van der Waals surface area contributed by atoms with Crippen molar-refractivity contribution in [2.75, 3.05) is 22.5 Å². The Kier molecular flexibility index (Phi) is 7.11. The van der Waals surface area contributed by atoms with E-state index in [-0.39, 0.29) is 18.0 Å². The first-order chi connectivity index (χ1) is 16.8. The van der Waals surface area contributed by atoms with Gasteiger partial charge in [-0.25, -0.2) is 27.2 Å². The molecule has 4 aromatic rings. The van der Waals surface area contributed by atoms with Crippen LogP contribution in [0, 0.1) is 11.6 Å². The Balaban J connectivity index is 1.74.